The van der Waals surface area contributed by atoms with E-state index in [1.807, 2.05) is 0 Å². The molecular weight excluding hydrogens is 362 g/mol. The van der Waals surface area contributed by atoms with Gasteiger partial charge in [0.1, 0.15) is 0 Å². The monoisotopic (exact) mass is 397 g/mol. The summed E-state index contributed by atoms with van der Waals surface area (Å²) in [5.41, 5.74) is -0.331. The van der Waals surface area contributed by atoms with Crippen LogP contribution in [-0.4, -0.2) is 37.1 Å². The van der Waals surface area contributed by atoms with Crippen LogP contribution in [0.15, 0.2) is 15.8 Å². The van der Waals surface area contributed by atoms with E-state index >= 15 is 0 Å². The van der Waals surface area contributed by atoms with Gasteiger partial charge >= 0.3 is 5.69 Å². The normalized spacial score (nSPS) is 26.5. The minimum Gasteiger partial charge on any atom is -0.409 e. The van der Waals surface area contributed by atoms with E-state index < -0.39 is 20.2 Å². The van der Waals surface area contributed by atoms with Crippen molar-refractivity contribution in [1.82, 2.24) is 14.9 Å². The third-order valence-corrected chi connectivity index (χ3v) is 10.5. The van der Waals surface area contributed by atoms with Crippen LogP contribution >= 0.6 is 0 Å². The summed E-state index contributed by atoms with van der Waals surface area (Å²) in [7, 11) is -0.302. The Bertz CT molecular complexity index is 765. The highest BCUT2D eigenvalue weighted by Crippen LogP contribution is 2.43. The molecule has 0 aromatic carbocycles. The van der Waals surface area contributed by atoms with Crippen LogP contribution in [0.1, 0.15) is 52.8 Å². The fraction of sp³-hybridized carbons (Fsp3) is 0.789. The van der Waals surface area contributed by atoms with Crippen molar-refractivity contribution < 1.29 is 9.16 Å². The summed E-state index contributed by atoms with van der Waals surface area (Å²) < 4.78 is 14.5. The third kappa shape index (κ3) is 4.44. The van der Waals surface area contributed by atoms with Crippen molar-refractivity contribution in [1.29, 1.82) is 0 Å². The van der Waals surface area contributed by atoms with Crippen LogP contribution in [0.4, 0.5) is 0 Å². The molecule has 1 aliphatic heterocycles. The van der Waals surface area contributed by atoms with Crippen LogP contribution < -0.4 is 16.6 Å². The first-order valence-electron chi connectivity index (χ1n) is 9.75. The van der Waals surface area contributed by atoms with E-state index in [1.165, 1.54) is 4.57 Å². The van der Waals surface area contributed by atoms with Crippen molar-refractivity contribution in [2.45, 2.75) is 84.2 Å². The maximum Gasteiger partial charge on any atom is 0.330 e. The largest absolute Gasteiger partial charge is 0.409 e. The van der Waals surface area contributed by atoms with Gasteiger partial charge in [0.2, 0.25) is 0 Å². The zero-order chi connectivity index (χ0) is 20.6. The molecule has 2 heterocycles. The van der Waals surface area contributed by atoms with Crippen molar-refractivity contribution in [3.05, 3.63) is 32.6 Å². The van der Waals surface area contributed by atoms with Gasteiger partial charge in [-0.15, -0.1) is 0 Å². The molecule has 8 heteroatoms. The predicted octanol–water partition coefficient (Wildman–Crippen LogP) is 2.59. The van der Waals surface area contributed by atoms with Gasteiger partial charge in [-0.1, -0.05) is 34.6 Å². The molecule has 0 aliphatic carbocycles. The molecule has 1 aromatic heterocycles. The highest BCUT2D eigenvalue weighted by atomic mass is 28.4. The average Bonchev–Trinajstić information content (AvgIpc) is 2.85. The Morgan fingerprint density at radius 2 is 1.96 bits per heavy atom. The quantitative estimate of drug-likeness (QED) is 0.721. The number of aromatic amines is 1. The molecule has 7 nitrogen and oxygen atoms in total. The molecule has 1 fully saturated rings. The summed E-state index contributed by atoms with van der Waals surface area (Å²) in [6.07, 6.45) is 1.68. The van der Waals surface area contributed by atoms with E-state index in [9.17, 15) is 9.59 Å². The number of rotatable bonds is 6. The van der Waals surface area contributed by atoms with Crippen molar-refractivity contribution in [2.24, 2.45) is 5.92 Å². The molecule has 0 saturated carbocycles. The van der Waals surface area contributed by atoms with Crippen LogP contribution in [0.2, 0.25) is 18.1 Å². The van der Waals surface area contributed by atoms with E-state index in [0.29, 0.717) is 12.1 Å². The summed E-state index contributed by atoms with van der Waals surface area (Å²) >= 11 is 0. The Morgan fingerprint density at radius 3 is 2.48 bits per heavy atom. The molecule has 0 radical (unpaired) electrons. The summed E-state index contributed by atoms with van der Waals surface area (Å²) in [5.74, 6) is 0.153. The molecule has 1 aliphatic rings. The Balaban J connectivity index is 2.48. The number of aromatic nitrogens is 2. The number of nitrogens with one attached hydrogen (secondary N) is 2. The molecule has 154 valence electrons. The fourth-order valence-electron chi connectivity index (χ4n) is 3.26. The zero-order valence-corrected chi connectivity index (χ0v) is 18.9. The molecule has 2 N–H and O–H groups in total. The summed E-state index contributed by atoms with van der Waals surface area (Å²) in [6, 6.07) is 0. The predicted molar refractivity (Wildman–Crippen MR) is 110 cm³/mol. The molecule has 0 spiro atoms. The summed E-state index contributed by atoms with van der Waals surface area (Å²) in [4.78, 5) is 27.0. The molecule has 2 rings (SSSR count). The van der Waals surface area contributed by atoms with Gasteiger partial charge < -0.3 is 14.5 Å². The molecular formula is C19H35N3O4Si. The highest BCUT2D eigenvalue weighted by molar-refractivity contribution is 6.74. The Morgan fingerprint density at radius 1 is 1.33 bits per heavy atom. The van der Waals surface area contributed by atoms with Crippen LogP contribution in [0.3, 0.4) is 0 Å². The third-order valence-electron chi connectivity index (χ3n) is 6.02. The molecule has 0 bridgehead atoms. The lowest BCUT2D eigenvalue weighted by atomic mass is 9.99. The Kier molecular flexibility index (Phi) is 6.56. The number of hydrogen-bond donors (Lipinski definition) is 2. The van der Waals surface area contributed by atoms with Crippen LogP contribution in [0, 0.1) is 5.92 Å². The lowest BCUT2D eigenvalue weighted by molar-refractivity contribution is -0.0372. The Hall–Kier alpha value is -1.22. The maximum absolute atomic E-state index is 12.6. The van der Waals surface area contributed by atoms with Crippen LogP contribution in [0.25, 0.3) is 0 Å². The van der Waals surface area contributed by atoms with Gasteiger partial charge in [0.15, 0.2) is 14.5 Å². The SMILES string of the molecule is CC[C@H]1O[C@@H](n2cc(CNC)c(=O)[nH]c2=O)C(O[Si](C)(C)C(C)(C)C)[C@H]1C. The van der Waals surface area contributed by atoms with Crippen molar-refractivity contribution >= 4 is 8.32 Å². The van der Waals surface area contributed by atoms with E-state index in [0.717, 1.165) is 6.42 Å². The van der Waals surface area contributed by atoms with E-state index in [4.69, 9.17) is 9.16 Å². The van der Waals surface area contributed by atoms with Crippen LogP contribution in [-0.2, 0) is 15.7 Å². The second-order valence-electron chi connectivity index (χ2n) is 9.03. The lowest BCUT2D eigenvalue weighted by Crippen LogP contribution is -2.48. The lowest BCUT2D eigenvalue weighted by Gasteiger charge is -2.40. The first kappa shape index (κ1) is 22.1. The van der Waals surface area contributed by atoms with Gasteiger partial charge in [-0.2, -0.15) is 0 Å². The molecule has 4 atom stereocenters. The Labute approximate surface area is 162 Å². The van der Waals surface area contributed by atoms with E-state index in [2.05, 4.69) is 58.0 Å². The smallest absolute Gasteiger partial charge is 0.330 e. The van der Waals surface area contributed by atoms with Crippen molar-refractivity contribution in [3.8, 4) is 0 Å². The second-order valence-corrected chi connectivity index (χ2v) is 13.8. The summed E-state index contributed by atoms with van der Waals surface area (Å²) in [6.45, 7) is 15.6. The number of nitrogens with zero attached hydrogens (tertiary/aromatic N) is 1. The van der Waals surface area contributed by atoms with Gasteiger partial charge in [0.05, 0.1) is 12.2 Å². The topological polar surface area (TPSA) is 85.4 Å². The fourth-order valence-corrected chi connectivity index (χ4v) is 4.62. The maximum atomic E-state index is 12.6. The van der Waals surface area contributed by atoms with Crippen LogP contribution in [0.5, 0.6) is 0 Å². The van der Waals surface area contributed by atoms with Gasteiger partial charge in [0, 0.05) is 24.2 Å². The number of hydrogen-bond acceptors (Lipinski definition) is 5. The molecule has 1 unspecified atom stereocenters. The standard InChI is InChI=1S/C19H35N3O4Si/c1-9-14-12(2)15(26-27(7,8)19(3,4)5)17(25-14)22-11-13(10-20-6)16(23)21-18(22)24/h11-12,14-15,17,20H,9-10H2,1-8H3,(H,21,23,24)/t12-,14+,15?,17+/m0/s1. The molecule has 27 heavy (non-hydrogen) atoms. The van der Waals surface area contributed by atoms with Gasteiger partial charge in [0.25, 0.3) is 5.56 Å². The first-order chi connectivity index (χ1) is 12.4. The second kappa shape index (κ2) is 8.03. The number of H-pyrrole nitrogens is 1. The highest BCUT2D eigenvalue weighted by Gasteiger charge is 2.48. The minimum absolute atomic E-state index is 0.0105. The minimum atomic E-state index is -2.07. The molecule has 1 saturated heterocycles. The van der Waals surface area contributed by atoms with E-state index in [1.54, 1.807) is 13.2 Å². The van der Waals surface area contributed by atoms with Gasteiger partial charge in [-0.3, -0.25) is 14.3 Å². The summed E-state index contributed by atoms with van der Waals surface area (Å²) in [5, 5.41) is 3.01. The molecule has 1 aromatic rings. The van der Waals surface area contributed by atoms with Gasteiger partial charge in [-0.25, -0.2) is 4.79 Å². The molecule has 0 amide bonds. The number of ether oxygens (including phenoxy) is 1. The first-order valence-corrected chi connectivity index (χ1v) is 12.7. The zero-order valence-electron chi connectivity index (χ0n) is 17.9. The average molecular weight is 398 g/mol. The van der Waals surface area contributed by atoms with Crippen molar-refractivity contribution in [2.75, 3.05) is 7.05 Å². The van der Waals surface area contributed by atoms with Crippen molar-refractivity contribution in [3.63, 3.8) is 0 Å². The van der Waals surface area contributed by atoms with Gasteiger partial charge in [-0.05, 0) is 31.6 Å². The van der Waals surface area contributed by atoms with E-state index in [-0.39, 0.29) is 28.7 Å².